The lowest BCUT2D eigenvalue weighted by molar-refractivity contribution is -0.124. The Hall–Kier alpha value is -1.23. The van der Waals surface area contributed by atoms with E-state index in [9.17, 15) is 13.2 Å². The lowest BCUT2D eigenvalue weighted by atomic mass is 10.2. The summed E-state index contributed by atoms with van der Waals surface area (Å²) in [6.07, 6.45) is -4.16. The van der Waals surface area contributed by atoms with E-state index in [0.29, 0.717) is 5.75 Å². The van der Waals surface area contributed by atoms with Gasteiger partial charge in [0.2, 0.25) is 0 Å². The fourth-order valence-electron chi connectivity index (χ4n) is 1.18. The summed E-state index contributed by atoms with van der Waals surface area (Å²) in [5.41, 5.74) is 0.971. The van der Waals surface area contributed by atoms with E-state index in [-0.39, 0.29) is 13.2 Å². The Bertz CT molecular complexity index is 325. The van der Waals surface area contributed by atoms with Crippen LogP contribution in [0.5, 0.6) is 5.75 Å². The molecule has 0 fully saturated rings. The van der Waals surface area contributed by atoms with E-state index in [0.717, 1.165) is 5.56 Å². The summed E-state index contributed by atoms with van der Waals surface area (Å²) in [5, 5.41) is 2.27. The summed E-state index contributed by atoms with van der Waals surface area (Å²) >= 11 is 0. The van der Waals surface area contributed by atoms with Crippen LogP contribution in [-0.2, 0) is 0 Å². The number of halogens is 3. The van der Waals surface area contributed by atoms with Gasteiger partial charge >= 0.3 is 6.18 Å². The first kappa shape index (κ1) is 12.8. The van der Waals surface area contributed by atoms with Crippen molar-refractivity contribution in [3.63, 3.8) is 0 Å². The topological polar surface area (TPSA) is 21.3 Å². The minimum absolute atomic E-state index is 0.174. The molecule has 0 spiro atoms. The van der Waals surface area contributed by atoms with Gasteiger partial charge in [-0.1, -0.05) is 18.2 Å². The van der Waals surface area contributed by atoms with Crippen LogP contribution in [0.25, 0.3) is 0 Å². The van der Waals surface area contributed by atoms with E-state index in [4.69, 9.17) is 4.74 Å². The summed E-state index contributed by atoms with van der Waals surface area (Å²) in [5.74, 6) is 0.705. The fourth-order valence-corrected chi connectivity index (χ4v) is 1.18. The molecule has 5 heteroatoms. The average molecular weight is 233 g/mol. The van der Waals surface area contributed by atoms with Crippen molar-refractivity contribution < 1.29 is 17.9 Å². The number of ether oxygens (including phenoxy) is 1. The van der Waals surface area contributed by atoms with Gasteiger partial charge in [-0.25, -0.2) is 0 Å². The molecule has 1 N–H and O–H groups in total. The van der Waals surface area contributed by atoms with Gasteiger partial charge in [-0.2, -0.15) is 13.2 Å². The van der Waals surface area contributed by atoms with Crippen LogP contribution >= 0.6 is 0 Å². The summed E-state index contributed by atoms with van der Waals surface area (Å²) in [6.45, 7) is 1.30. The second-order valence-electron chi connectivity index (χ2n) is 3.41. The standard InChI is InChI=1S/C11H14F3NO/c1-9-4-2-3-5-10(9)16-7-6-15-8-11(12,13)14/h2-5,15H,6-8H2,1H3. The average Bonchev–Trinajstić information content (AvgIpc) is 2.18. The van der Waals surface area contributed by atoms with Crippen molar-refractivity contribution >= 4 is 0 Å². The highest BCUT2D eigenvalue weighted by Crippen LogP contribution is 2.15. The molecule has 0 atom stereocenters. The SMILES string of the molecule is Cc1ccccc1OCCNCC(F)(F)F. The van der Waals surface area contributed by atoms with Crippen LogP contribution in [0.4, 0.5) is 13.2 Å². The lowest BCUT2D eigenvalue weighted by Gasteiger charge is -2.10. The van der Waals surface area contributed by atoms with E-state index in [1.54, 1.807) is 6.07 Å². The van der Waals surface area contributed by atoms with Crippen LogP contribution in [-0.4, -0.2) is 25.9 Å². The number of rotatable bonds is 5. The molecule has 0 heterocycles. The number of hydrogen-bond donors (Lipinski definition) is 1. The maximum Gasteiger partial charge on any atom is 0.401 e. The summed E-state index contributed by atoms with van der Waals surface area (Å²) in [4.78, 5) is 0. The van der Waals surface area contributed by atoms with Crippen LogP contribution in [0, 0.1) is 6.92 Å². The third kappa shape index (κ3) is 5.02. The molecule has 1 aromatic carbocycles. The van der Waals surface area contributed by atoms with Gasteiger partial charge in [-0.05, 0) is 18.6 Å². The monoisotopic (exact) mass is 233 g/mol. The first-order chi connectivity index (χ1) is 7.49. The van der Waals surface area contributed by atoms with Crippen molar-refractivity contribution in [2.75, 3.05) is 19.7 Å². The molecule has 90 valence electrons. The molecular weight excluding hydrogens is 219 g/mol. The number of nitrogens with one attached hydrogen (secondary N) is 1. The Morgan fingerprint density at radius 1 is 1.25 bits per heavy atom. The van der Waals surface area contributed by atoms with Crippen LogP contribution in [0.2, 0.25) is 0 Å². The first-order valence-corrected chi connectivity index (χ1v) is 4.95. The maximum atomic E-state index is 11.8. The minimum atomic E-state index is -4.16. The molecule has 0 radical (unpaired) electrons. The summed E-state index contributed by atoms with van der Waals surface area (Å²) < 4.78 is 40.6. The van der Waals surface area contributed by atoms with E-state index in [2.05, 4.69) is 5.32 Å². The summed E-state index contributed by atoms with van der Waals surface area (Å²) in [6, 6.07) is 7.38. The second-order valence-corrected chi connectivity index (χ2v) is 3.41. The Morgan fingerprint density at radius 3 is 2.56 bits per heavy atom. The van der Waals surface area contributed by atoms with Gasteiger partial charge < -0.3 is 10.1 Å². The highest BCUT2D eigenvalue weighted by Gasteiger charge is 2.25. The highest BCUT2D eigenvalue weighted by atomic mass is 19.4. The van der Waals surface area contributed by atoms with Gasteiger partial charge in [0.05, 0.1) is 6.54 Å². The van der Waals surface area contributed by atoms with E-state index >= 15 is 0 Å². The zero-order chi connectivity index (χ0) is 12.0. The Kier molecular flexibility index (Phi) is 4.61. The van der Waals surface area contributed by atoms with Crippen molar-refractivity contribution in [1.82, 2.24) is 5.32 Å². The molecule has 16 heavy (non-hydrogen) atoms. The van der Waals surface area contributed by atoms with Crippen molar-refractivity contribution in [2.24, 2.45) is 0 Å². The fraction of sp³-hybridized carbons (Fsp3) is 0.455. The van der Waals surface area contributed by atoms with Gasteiger partial charge in [-0.15, -0.1) is 0 Å². The van der Waals surface area contributed by atoms with Crippen molar-refractivity contribution in [3.8, 4) is 5.75 Å². The Labute approximate surface area is 92.4 Å². The molecule has 0 aromatic heterocycles. The first-order valence-electron chi connectivity index (χ1n) is 4.95. The molecule has 0 saturated heterocycles. The molecule has 2 nitrogen and oxygen atoms in total. The second kappa shape index (κ2) is 5.75. The maximum absolute atomic E-state index is 11.8. The molecule has 0 aliphatic heterocycles. The quantitative estimate of drug-likeness (QED) is 0.789. The zero-order valence-electron chi connectivity index (χ0n) is 8.97. The van der Waals surface area contributed by atoms with Crippen LogP contribution in [0.15, 0.2) is 24.3 Å². The zero-order valence-corrected chi connectivity index (χ0v) is 8.97. The number of hydrogen-bond acceptors (Lipinski definition) is 2. The van der Waals surface area contributed by atoms with Crippen LogP contribution in [0.1, 0.15) is 5.56 Å². The number of aryl methyl sites for hydroxylation is 1. The van der Waals surface area contributed by atoms with Gasteiger partial charge in [0.1, 0.15) is 12.4 Å². The lowest BCUT2D eigenvalue weighted by Crippen LogP contribution is -2.31. The molecule has 0 amide bonds. The smallest absolute Gasteiger partial charge is 0.401 e. The van der Waals surface area contributed by atoms with Crippen LogP contribution < -0.4 is 10.1 Å². The predicted octanol–water partition coefficient (Wildman–Crippen LogP) is 2.53. The third-order valence-electron chi connectivity index (χ3n) is 1.96. The molecule has 0 aliphatic carbocycles. The van der Waals surface area contributed by atoms with E-state index in [1.165, 1.54) is 0 Å². The Balaban J connectivity index is 2.19. The normalized spacial score (nSPS) is 11.5. The molecule has 1 aromatic rings. The predicted molar refractivity (Wildman–Crippen MR) is 55.6 cm³/mol. The molecule has 0 aliphatic rings. The van der Waals surface area contributed by atoms with Gasteiger partial charge in [0.25, 0.3) is 0 Å². The largest absolute Gasteiger partial charge is 0.492 e. The van der Waals surface area contributed by atoms with Gasteiger partial charge in [0.15, 0.2) is 0 Å². The van der Waals surface area contributed by atoms with Gasteiger partial charge in [0, 0.05) is 6.54 Å². The Morgan fingerprint density at radius 2 is 1.94 bits per heavy atom. The molecule has 0 bridgehead atoms. The third-order valence-corrected chi connectivity index (χ3v) is 1.96. The summed E-state index contributed by atoms with van der Waals surface area (Å²) in [7, 11) is 0. The minimum Gasteiger partial charge on any atom is -0.492 e. The molecule has 0 unspecified atom stereocenters. The number of benzene rings is 1. The van der Waals surface area contributed by atoms with E-state index < -0.39 is 12.7 Å². The van der Waals surface area contributed by atoms with Crippen molar-refractivity contribution in [2.45, 2.75) is 13.1 Å². The van der Waals surface area contributed by atoms with E-state index in [1.807, 2.05) is 25.1 Å². The number of alkyl halides is 3. The van der Waals surface area contributed by atoms with Crippen molar-refractivity contribution in [3.05, 3.63) is 29.8 Å². The highest BCUT2D eigenvalue weighted by molar-refractivity contribution is 5.31. The molecular formula is C11H14F3NO. The molecule has 0 saturated carbocycles. The van der Waals surface area contributed by atoms with Crippen LogP contribution in [0.3, 0.4) is 0 Å². The van der Waals surface area contributed by atoms with Crippen molar-refractivity contribution in [1.29, 1.82) is 0 Å². The number of para-hydroxylation sites is 1. The molecule has 1 rings (SSSR count). The van der Waals surface area contributed by atoms with Gasteiger partial charge in [-0.3, -0.25) is 0 Å².